The van der Waals surface area contributed by atoms with E-state index >= 15 is 0 Å². The lowest BCUT2D eigenvalue weighted by atomic mass is 10.2. The molecule has 2 rings (SSSR count). The Morgan fingerprint density at radius 2 is 2.25 bits per heavy atom. The minimum atomic E-state index is -0.120. The van der Waals surface area contributed by atoms with Crippen LogP contribution in [0.5, 0.6) is 0 Å². The number of aromatic nitrogens is 3. The summed E-state index contributed by atoms with van der Waals surface area (Å²) in [4.78, 5) is 21.8. The molecule has 0 atom stereocenters. The monoisotopic (exact) mass is 161 g/mol. The second-order valence-electron chi connectivity index (χ2n) is 2.52. The summed E-state index contributed by atoms with van der Waals surface area (Å²) >= 11 is 0. The van der Waals surface area contributed by atoms with Crippen LogP contribution in [0.4, 0.5) is 0 Å². The van der Waals surface area contributed by atoms with Crippen LogP contribution < -0.4 is 5.56 Å². The van der Waals surface area contributed by atoms with Crippen molar-refractivity contribution in [2.75, 3.05) is 0 Å². The molecule has 0 fully saturated rings. The smallest absolute Gasteiger partial charge is 0.258 e. The van der Waals surface area contributed by atoms with E-state index in [1.807, 2.05) is 6.92 Å². The number of pyridine rings is 1. The summed E-state index contributed by atoms with van der Waals surface area (Å²) in [5, 5.41) is 0.588. The standard InChI is InChI=1S/C8H7N3O/c1-5-7-6(2-3-9-5)8(12)11-4-10-7/h2-4H,1H3,(H,10,11,12). The van der Waals surface area contributed by atoms with E-state index in [0.29, 0.717) is 10.9 Å². The van der Waals surface area contributed by atoms with Gasteiger partial charge >= 0.3 is 0 Å². The first-order chi connectivity index (χ1) is 5.79. The van der Waals surface area contributed by atoms with E-state index in [2.05, 4.69) is 15.0 Å². The largest absolute Gasteiger partial charge is 0.313 e. The molecule has 12 heavy (non-hydrogen) atoms. The normalized spacial score (nSPS) is 10.4. The third kappa shape index (κ3) is 0.887. The average molecular weight is 161 g/mol. The number of aryl methyl sites for hydroxylation is 1. The molecular formula is C8H7N3O. The van der Waals surface area contributed by atoms with E-state index in [9.17, 15) is 4.79 Å². The molecule has 4 heteroatoms. The molecule has 0 aliphatic heterocycles. The predicted molar refractivity (Wildman–Crippen MR) is 44.9 cm³/mol. The molecule has 1 N–H and O–H groups in total. The summed E-state index contributed by atoms with van der Waals surface area (Å²) in [5.74, 6) is 0. The Morgan fingerprint density at radius 3 is 3.00 bits per heavy atom. The van der Waals surface area contributed by atoms with Crippen LogP contribution in [0.3, 0.4) is 0 Å². The Balaban J connectivity index is 3.05. The average Bonchev–Trinajstić information content (AvgIpc) is 2.07. The Bertz CT molecular complexity index is 475. The molecule has 2 aromatic heterocycles. The van der Waals surface area contributed by atoms with Crippen molar-refractivity contribution in [1.82, 2.24) is 15.0 Å². The van der Waals surface area contributed by atoms with Crippen molar-refractivity contribution < 1.29 is 0 Å². The fraction of sp³-hybridized carbons (Fsp3) is 0.125. The van der Waals surface area contributed by atoms with Crippen LogP contribution in [0.2, 0.25) is 0 Å². The van der Waals surface area contributed by atoms with Gasteiger partial charge in [0.1, 0.15) is 0 Å². The van der Waals surface area contributed by atoms with Crippen molar-refractivity contribution >= 4 is 10.9 Å². The quantitative estimate of drug-likeness (QED) is 0.616. The van der Waals surface area contributed by atoms with E-state index in [0.717, 1.165) is 5.69 Å². The maximum Gasteiger partial charge on any atom is 0.258 e. The maximum atomic E-state index is 11.2. The number of nitrogens with zero attached hydrogens (tertiary/aromatic N) is 2. The van der Waals surface area contributed by atoms with Gasteiger partial charge in [-0.15, -0.1) is 0 Å². The molecule has 0 aliphatic carbocycles. The van der Waals surface area contributed by atoms with Gasteiger partial charge in [-0.3, -0.25) is 9.78 Å². The Morgan fingerprint density at radius 1 is 1.42 bits per heavy atom. The molecule has 0 spiro atoms. The Labute approximate surface area is 68.3 Å². The lowest BCUT2D eigenvalue weighted by Crippen LogP contribution is -2.07. The van der Waals surface area contributed by atoms with E-state index in [-0.39, 0.29) is 5.56 Å². The summed E-state index contributed by atoms with van der Waals surface area (Å²) in [6.07, 6.45) is 2.99. The topological polar surface area (TPSA) is 58.6 Å². The number of hydrogen-bond donors (Lipinski definition) is 1. The second-order valence-corrected chi connectivity index (χ2v) is 2.52. The summed E-state index contributed by atoms with van der Waals surface area (Å²) in [6.45, 7) is 1.83. The van der Waals surface area contributed by atoms with Gasteiger partial charge in [-0.25, -0.2) is 4.98 Å². The molecule has 0 saturated carbocycles. The number of nitrogens with one attached hydrogen (secondary N) is 1. The van der Waals surface area contributed by atoms with Crippen molar-refractivity contribution in [1.29, 1.82) is 0 Å². The van der Waals surface area contributed by atoms with Gasteiger partial charge in [0.2, 0.25) is 0 Å². The van der Waals surface area contributed by atoms with Gasteiger partial charge in [-0.1, -0.05) is 0 Å². The summed E-state index contributed by atoms with van der Waals surface area (Å²) in [5.41, 5.74) is 1.32. The zero-order valence-electron chi connectivity index (χ0n) is 6.53. The van der Waals surface area contributed by atoms with Crippen molar-refractivity contribution in [2.24, 2.45) is 0 Å². The lowest BCUT2D eigenvalue weighted by molar-refractivity contribution is 1.13. The van der Waals surface area contributed by atoms with Gasteiger partial charge in [0.25, 0.3) is 5.56 Å². The number of aromatic amines is 1. The van der Waals surface area contributed by atoms with Gasteiger partial charge in [0.05, 0.1) is 22.9 Å². The molecule has 60 valence electrons. The van der Waals surface area contributed by atoms with Crippen LogP contribution in [0.15, 0.2) is 23.4 Å². The first-order valence-electron chi connectivity index (χ1n) is 3.58. The molecule has 0 aliphatic rings. The third-order valence-electron chi connectivity index (χ3n) is 1.74. The molecule has 0 saturated heterocycles. The number of hydrogen-bond acceptors (Lipinski definition) is 3. The van der Waals surface area contributed by atoms with Gasteiger partial charge in [-0.05, 0) is 13.0 Å². The summed E-state index contributed by atoms with van der Waals surface area (Å²) in [7, 11) is 0. The zero-order valence-corrected chi connectivity index (χ0v) is 6.53. The fourth-order valence-corrected chi connectivity index (χ4v) is 1.14. The molecule has 4 nitrogen and oxygen atoms in total. The highest BCUT2D eigenvalue weighted by atomic mass is 16.1. The molecule has 0 bridgehead atoms. The van der Waals surface area contributed by atoms with Gasteiger partial charge < -0.3 is 4.98 Å². The first kappa shape index (κ1) is 6.97. The fourth-order valence-electron chi connectivity index (χ4n) is 1.14. The highest BCUT2D eigenvalue weighted by Gasteiger charge is 2.00. The number of H-pyrrole nitrogens is 1. The summed E-state index contributed by atoms with van der Waals surface area (Å²) < 4.78 is 0. The van der Waals surface area contributed by atoms with E-state index < -0.39 is 0 Å². The molecule has 0 unspecified atom stereocenters. The molecule has 2 aromatic rings. The van der Waals surface area contributed by atoms with E-state index in [1.54, 1.807) is 12.3 Å². The van der Waals surface area contributed by atoms with Crippen LogP contribution >= 0.6 is 0 Å². The zero-order chi connectivity index (χ0) is 8.55. The van der Waals surface area contributed by atoms with Crippen LogP contribution in [0.1, 0.15) is 5.69 Å². The van der Waals surface area contributed by atoms with Crippen LogP contribution in [0.25, 0.3) is 10.9 Å². The van der Waals surface area contributed by atoms with Crippen molar-refractivity contribution in [3.05, 3.63) is 34.6 Å². The van der Waals surface area contributed by atoms with Crippen molar-refractivity contribution in [2.45, 2.75) is 6.92 Å². The Hall–Kier alpha value is -1.71. The third-order valence-corrected chi connectivity index (χ3v) is 1.74. The van der Waals surface area contributed by atoms with Crippen LogP contribution in [-0.2, 0) is 0 Å². The summed E-state index contributed by atoms with van der Waals surface area (Å²) in [6, 6.07) is 1.66. The molecule has 0 amide bonds. The van der Waals surface area contributed by atoms with Crippen LogP contribution in [0, 0.1) is 6.92 Å². The van der Waals surface area contributed by atoms with Crippen molar-refractivity contribution in [3.63, 3.8) is 0 Å². The minimum Gasteiger partial charge on any atom is -0.313 e. The van der Waals surface area contributed by atoms with Gasteiger partial charge in [0, 0.05) is 6.20 Å². The highest BCUT2D eigenvalue weighted by molar-refractivity contribution is 5.78. The maximum absolute atomic E-state index is 11.2. The molecule has 0 radical (unpaired) electrons. The Kier molecular flexibility index (Phi) is 1.40. The minimum absolute atomic E-state index is 0.120. The molecular weight excluding hydrogens is 154 g/mol. The first-order valence-corrected chi connectivity index (χ1v) is 3.58. The van der Waals surface area contributed by atoms with Gasteiger partial charge in [0.15, 0.2) is 0 Å². The SMILES string of the molecule is Cc1nccc2c(=O)[nH]cnc12. The molecule has 0 aromatic carbocycles. The molecule has 2 heterocycles. The highest BCUT2D eigenvalue weighted by Crippen LogP contribution is 2.06. The van der Waals surface area contributed by atoms with E-state index in [4.69, 9.17) is 0 Å². The van der Waals surface area contributed by atoms with Gasteiger partial charge in [-0.2, -0.15) is 0 Å². The van der Waals surface area contributed by atoms with Crippen LogP contribution in [-0.4, -0.2) is 15.0 Å². The number of rotatable bonds is 0. The lowest BCUT2D eigenvalue weighted by Gasteiger charge is -1.96. The van der Waals surface area contributed by atoms with Crippen molar-refractivity contribution in [3.8, 4) is 0 Å². The predicted octanol–water partition coefficient (Wildman–Crippen LogP) is 0.627. The number of fused-ring (bicyclic) bond motifs is 1. The second kappa shape index (κ2) is 2.41. The van der Waals surface area contributed by atoms with E-state index in [1.165, 1.54) is 6.33 Å².